The molecule has 1 aromatic carbocycles. The van der Waals surface area contributed by atoms with E-state index in [9.17, 15) is 0 Å². The summed E-state index contributed by atoms with van der Waals surface area (Å²) in [6.45, 7) is 3.59. The van der Waals surface area contributed by atoms with Crippen molar-refractivity contribution in [2.24, 2.45) is 5.73 Å². The lowest BCUT2D eigenvalue weighted by Gasteiger charge is -2.10. The third-order valence-electron chi connectivity index (χ3n) is 2.38. The smallest absolute Gasteiger partial charge is 0.246 e. The number of ether oxygens (including phenoxy) is 1. The molecule has 0 aliphatic heterocycles. The average molecular weight is 268 g/mol. The van der Waals surface area contributed by atoms with Gasteiger partial charge in [-0.1, -0.05) is 16.8 Å². The van der Waals surface area contributed by atoms with E-state index < -0.39 is 5.54 Å². The highest BCUT2D eigenvalue weighted by atomic mass is 35.5. The summed E-state index contributed by atoms with van der Waals surface area (Å²) in [6.07, 6.45) is 0. The van der Waals surface area contributed by atoms with E-state index in [0.717, 1.165) is 0 Å². The molecule has 5 nitrogen and oxygen atoms in total. The van der Waals surface area contributed by atoms with Crippen LogP contribution in [0.4, 0.5) is 0 Å². The van der Waals surface area contributed by atoms with Crippen molar-refractivity contribution in [2.45, 2.75) is 19.4 Å². The van der Waals surface area contributed by atoms with Gasteiger partial charge in [0.1, 0.15) is 5.75 Å². The topological polar surface area (TPSA) is 74.2 Å². The van der Waals surface area contributed by atoms with Crippen molar-refractivity contribution in [3.8, 4) is 17.1 Å². The van der Waals surface area contributed by atoms with Crippen molar-refractivity contribution in [2.75, 3.05) is 7.11 Å². The minimum Gasteiger partial charge on any atom is -0.496 e. The van der Waals surface area contributed by atoms with Crippen molar-refractivity contribution >= 4 is 11.6 Å². The molecule has 2 aromatic rings. The largest absolute Gasteiger partial charge is 0.496 e. The third kappa shape index (κ3) is 2.47. The molecule has 0 aliphatic carbocycles. The van der Waals surface area contributed by atoms with Crippen LogP contribution in [0.2, 0.25) is 5.02 Å². The molecule has 6 heteroatoms. The van der Waals surface area contributed by atoms with Gasteiger partial charge in [-0.25, -0.2) is 0 Å². The van der Waals surface area contributed by atoms with Gasteiger partial charge in [-0.2, -0.15) is 4.98 Å². The summed E-state index contributed by atoms with van der Waals surface area (Å²) >= 11 is 5.90. The maximum absolute atomic E-state index is 5.90. The summed E-state index contributed by atoms with van der Waals surface area (Å²) in [5.74, 6) is 1.39. The normalized spacial score (nSPS) is 11.6. The molecular weight excluding hydrogens is 254 g/mol. The molecule has 0 radical (unpaired) electrons. The maximum Gasteiger partial charge on any atom is 0.246 e. The number of nitrogens with two attached hydrogens (primary N) is 1. The first-order chi connectivity index (χ1) is 8.41. The predicted molar refractivity (Wildman–Crippen MR) is 68.5 cm³/mol. The Morgan fingerprint density at radius 1 is 1.39 bits per heavy atom. The number of benzene rings is 1. The zero-order valence-corrected chi connectivity index (χ0v) is 11.2. The van der Waals surface area contributed by atoms with Gasteiger partial charge < -0.3 is 15.0 Å². The second-order valence-electron chi connectivity index (χ2n) is 4.49. The molecule has 0 atom stereocenters. The van der Waals surface area contributed by atoms with Crippen LogP contribution in [0.5, 0.6) is 5.75 Å². The van der Waals surface area contributed by atoms with E-state index in [0.29, 0.717) is 28.1 Å². The van der Waals surface area contributed by atoms with Gasteiger partial charge in [0.2, 0.25) is 11.7 Å². The third-order valence-corrected chi connectivity index (χ3v) is 2.62. The summed E-state index contributed by atoms with van der Waals surface area (Å²) in [5.41, 5.74) is 5.93. The molecule has 0 fully saturated rings. The van der Waals surface area contributed by atoms with Gasteiger partial charge in [0.05, 0.1) is 18.2 Å². The Labute approximate surface area is 110 Å². The summed E-state index contributed by atoms with van der Waals surface area (Å²) in [4.78, 5) is 4.26. The molecule has 18 heavy (non-hydrogen) atoms. The lowest BCUT2D eigenvalue weighted by atomic mass is 10.1. The Morgan fingerprint density at radius 3 is 2.67 bits per heavy atom. The summed E-state index contributed by atoms with van der Waals surface area (Å²) < 4.78 is 10.4. The Balaban J connectivity index is 2.46. The molecule has 0 unspecified atom stereocenters. The van der Waals surface area contributed by atoms with Crippen LogP contribution >= 0.6 is 11.6 Å². The van der Waals surface area contributed by atoms with Crippen molar-refractivity contribution in [3.63, 3.8) is 0 Å². The molecule has 0 amide bonds. The van der Waals surface area contributed by atoms with Crippen LogP contribution in [0.25, 0.3) is 11.4 Å². The number of halogens is 1. The summed E-state index contributed by atoms with van der Waals surface area (Å²) in [6, 6.07) is 5.21. The Kier molecular flexibility index (Phi) is 3.28. The number of hydrogen-bond donors (Lipinski definition) is 1. The SMILES string of the molecule is COc1cc(Cl)ccc1-c1noc(C(C)(C)N)n1. The van der Waals surface area contributed by atoms with Gasteiger partial charge in [0.25, 0.3) is 0 Å². The summed E-state index contributed by atoms with van der Waals surface area (Å²) in [7, 11) is 1.56. The maximum atomic E-state index is 5.90. The predicted octanol–water partition coefficient (Wildman–Crippen LogP) is 2.59. The molecule has 2 N–H and O–H groups in total. The number of rotatable bonds is 3. The molecule has 0 bridgehead atoms. The Morgan fingerprint density at radius 2 is 2.11 bits per heavy atom. The monoisotopic (exact) mass is 267 g/mol. The lowest BCUT2D eigenvalue weighted by molar-refractivity contribution is 0.312. The van der Waals surface area contributed by atoms with Crippen LogP contribution in [0.15, 0.2) is 22.7 Å². The fourth-order valence-corrected chi connectivity index (χ4v) is 1.61. The fourth-order valence-electron chi connectivity index (χ4n) is 1.44. The van der Waals surface area contributed by atoms with E-state index in [-0.39, 0.29) is 0 Å². The van der Waals surface area contributed by atoms with Crippen LogP contribution < -0.4 is 10.5 Å². The van der Waals surface area contributed by atoms with Crippen molar-refractivity contribution in [3.05, 3.63) is 29.1 Å². The van der Waals surface area contributed by atoms with E-state index in [1.54, 1.807) is 39.2 Å². The minimum atomic E-state index is -0.676. The van der Waals surface area contributed by atoms with E-state index in [1.807, 2.05) is 0 Å². The molecule has 0 aliphatic rings. The van der Waals surface area contributed by atoms with Crippen LogP contribution in [0, 0.1) is 0 Å². The molecule has 96 valence electrons. The lowest BCUT2D eigenvalue weighted by Crippen LogP contribution is -2.28. The van der Waals surface area contributed by atoms with Gasteiger partial charge >= 0.3 is 0 Å². The molecule has 0 saturated carbocycles. The van der Waals surface area contributed by atoms with Gasteiger partial charge in [0, 0.05) is 5.02 Å². The van der Waals surface area contributed by atoms with Crippen molar-refractivity contribution < 1.29 is 9.26 Å². The van der Waals surface area contributed by atoms with Crippen LogP contribution in [-0.2, 0) is 5.54 Å². The summed E-state index contributed by atoms with van der Waals surface area (Å²) in [5, 5.41) is 4.48. The van der Waals surface area contributed by atoms with Crippen molar-refractivity contribution in [1.29, 1.82) is 0 Å². The van der Waals surface area contributed by atoms with E-state index >= 15 is 0 Å². The number of aromatic nitrogens is 2. The van der Waals surface area contributed by atoms with Gasteiger partial charge in [0.15, 0.2) is 0 Å². The van der Waals surface area contributed by atoms with Crippen molar-refractivity contribution in [1.82, 2.24) is 10.1 Å². The first-order valence-electron chi connectivity index (χ1n) is 5.39. The standard InChI is InChI=1S/C12H14ClN3O2/c1-12(2,14)11-15-10(16-18-11)8-5-4-7(13)6-9(8)17-3/h4-6H,14H2,1-3H3. The number of hydrogen-bond acceptors (Lipinski definition) is 5. The second kappa shape index (κ2) is 4.59. The quantitative estimate of drug-likeness (QED) is 0.925. The minimum absolute atomic E-state index is 0.370. The Hall–Kier alpha value is -1.59. The number of methoxy groups -OCH3 is 1. The van der Waals surface area contributed by atoms with E-state index in [2.05, 4.69) is 10.1 Å². The highest BCUT2D eigenvalue weighted by Crippen LogP contribution is 2.31. The molecular formula is C12H14ClN3O2. The van der Waals surface area contributed by atoms with Gasteiger partial charge in [-0.05, 0) is 32.0 Å². The van der Waals surface area contributed by atoms with Crippen LogP contribution in [-0.4, -0.2) is 17.3 Å². The average Bonchev–Trinajstić information content (AvgIpc) is 2.77. The zero-order valence-electron chi connectivity index (χ0n) is 10.4. The first-order valence-corrected chi connectivity index (χ1v) is 5.76. The molecule has 0 saturated heterocycles. The van der Waals surface area contributed by atoms with Crippen LogP contribution in [0.3, 0.4) is 0 Å². The molecule has 2 rings (SSSR count). The van der Waals surface area contributed by atoms with Gasteiger partial charge in [-0.3, -0.25) is 0 Å². The first kappa shape index (κ1) is 12.9. The second-order valence-corrected chi connectivity index (χ2v) is 4.93. The highest BCUT2D eigenvalue weighted by Gasteiger charge is 2.23. The Bertz CT molecular complexity index is 561. The zero-order chi connectivity index (χ0) is 13.3. The molecule has 0 spiro atoms. The molecule has 1 aromatic heterocycles. The fraction of sp³-hybridized carbons (Fsp3) is 0.333. The van der Waals surface area contributed by atoms with E-state index in [1.165, 1.54) is 0 Å². The van der Waals surface area contributed by atoms with Crippen LogP contribution in [0.1, 0.15) is 19.7 Å². The van der Waals surface area contributed by atoms with Gasteiger partial charge in [-0.15, -0.1) is 0 Å². The van der Waals surface area contributed by atoms with E-state index in [4.69, 9.17) is 26.6 Å². The molecule has 1 heterocycles. The number of nitrogens with zero attached hydrogens (tertiary/aromatic N) is 2. The highest BCUT2D eigenvalue weighted by molar-refractivity contribution is 6.30.